The fourth-order valence-electron chi connectivity index (χ4n) is 3.24. The molecular weight excluding hydrogens is 370 g/mol. The van der Waals surface area contributed by atoms with Gasteiger partial charge in [0, 0.05) is 30.0 Å². The Hall–Kier alpha value is -2.60. The molecule has 1 fully saturated rings. The van der Waals surface area contributed by atoms with Gasteiger partial charge in [-0.2, -0.15) is 4.98 Å². The standard InChI is InChI=1S/C22H23N3O2S/c1-16-4-8-18(9-5-16)21-23-20(27-24-21)15-28-14-17-6-10-19(11-7-17)22(26)25-12-2-3-13-25/h4-11H,2-3,12-15H2,1H3. The maximum atomic E-state index is 12.4. The predicted molar refractivity (Wildman–Crippen MR) is 111 cm³/mol. The second-order valence-electron chi connectivity index (χ2n) is 7.07. The van der Waals surface area contributed by atoms with Crippen LogP contribution in [0.3, 0.4) is 0 Å². The third kappa shape index (κ3) is 4.44. The zero-order chi connectivity index (χ0) is 19.3. The van der Waals surface area contributed by atoms with E-state index in [0.29, 0.717) is 17.5 Å². The first-order valence-electron chi connectivity index (χ1n) is 9.54. The molecule has 6 heteroatoms. The number of rotatable bonds is 6. The molecular formula is C22H23N3O2S. The number of nitrogens with zero attached hydrogens (tertiary/aromatic N) is 3. The molecule has 0 bridgehead atoms. The number of aryl methyl sites for hydroxylation is 1. The van der Waals surface area contributed by atoms with Crippen LogP contribution in [-0.4, -0.2) is 34.0 Å². The molecule has 144 valence electrons. The number of carbonyl (C=O) groups excluding carboxylic acids is 1. The maximum Gasteiger partial charge on any atom is 0.253 e. The Labute approximate surface area is 169 Å². The van der Waals surface area contributed by atoms with Crippen LogP contribution in [-0.2, 0) is 11.5 Å². The van der Waals surface area contributed by atoms with E-state index in [1.165, 1.54) is 11.1 Å². The van der Waals surface area contributed by atoms with Crippen molar-refractivity contribution in [2.45, 2.75) is 31.3 Å². The third-order valence-electron chi connectivity index (χ3n) is 4.87. The lowest BCUT2D eigenvalue weighted by Crippen LogP contribution is -2.27. The number of likely N-dealkylation sites (tertiary alicyclic amines) is 1. The van der Waals surface area contributed by atoms with Crippen LogP contribution in [0.2, 0.25) is 0 Å². The maximum absolute atomic E-state index is 12.4. The molecule has 1 aliphatic heterocycles. The molecule has 0 atom stereocenters. The quantitative estimate of drug-likeness (QED) is 0.607. The van der Waals surface area contributed by atoms with Gasteiger partial charge in [-0.05, 0) is 37.5 Å². The van der Waals surface area contributed by atoms with Gasteiger partial charge in [0.05, 0.1) is 5.75 Å². The van der Waals surface area contributed by atoms with Crippen LogP contribution in [0.4, 0.5) is 0 Å². The Morgan fingerprint density at radius 1 is 1.04 bits per heavy atom. The van der Waals surface area contributed by atoms with Gasteiger partial charge in [0.15, 0.2) is 0 Å². The second kappa shape index (κ2) is 8.61. The highest BCUT2D eigenvalue weighted by Gasteiger charge is 2.19. The zero-order valence-corrected chi connectivity index (χ0v) is 16.7. The lowest BCUT2D eigenvalue weighted by molar-refractivity contribution is 0.0793. The highest BCUT2D eigenvalue weighted by atomic mass is 32.2. The summed E-state index contributed by atoms with van der Waals surface area (Å²) < 4.78 is 5.36. The lowest BCUT2D eigenvalue weighted by Gasteiger charge is -2.15. The molecule has 3 aromatic rings. The minimum Gasteiger partial charge on any atom is -0.339 e. The fraction of sp³-hybridized carbons (Fsp3) is 0.318. The Balaban J connectivity index is 1.29. The zero-order valence-electron chi connectivity index (χ0n) is 15.9. The average molecular weight is 394 g/mol. The van der Waals surface area contributed by atoms with Crippen molar-refractivity contribution in [3.8, 4) is 11.4 Å². The first-order chi connectivity index (χ1) is 13.7. The van der Waals surface area contributed by atoms with Gasteiger partial charge in [-0.3, -0.25) is 4.79 Å². The van der Waals surface area contributed by atoms with Gasteiger partial charge < -0.3 is 9.42 Å². The van der Waals surface area contributed by atoms with E-state index in [0.717, 1.165) is 42.8 Å². The Bertz CT molecular complexity index is 929. The third-order valence-corrected chi connectivity index (χ3v) is 5.85. The van der Waals surface area contributed by atoms with Crippen LogP contribution in [0.5, 0.6) is 0 Å². The minimum absolute atomic E-state index is 0.145. The topological polar surface area (TPSA) is 59.2 Å². The van der Waals surface area contributed by atoms with Crippen LogP contribution in [0, 0.1) is 6.92 Å². The first-order valence-corrected chi connectivity index (χ1v) is 10.7. The monoisotopic (exact) mass is 393 g/mol. The van der Waals surface area contributed by atoms with Crippen molar-refractivity contribution in [1.82, 2.24) is 15.0 Å². The van der Waals surface area contributed by atoms with E-state index >= 15 is 0 Å². The van der Waals surface area contributed by atoms with Gasteiger partial charge >= 0.3 is 0 Å². The molecule has 4 rings (SSSR count). The van der Waals surface area contributed by atoms with Gasteiger partial charge in [0.25, 0.3) is 5.91 Å². The van der Waals surface area contributed by atoms with Crippen molar-refractivity contribution >= 4 is 17.7 Å². The highest BCUT2D eigenvalue weighted by molar-refractivity contribution is 7.97. The number of hydrogen-bond donors (Lipinski definition) is 0. The molecule has 1 aromatic heterocycles. The number of benzene rings is 2. The van der Waals surface area contributed by atoms with Crippen molar-refractivity contribution in [2.24, 2.45) is 0 Å². The van der Waals surface area contributed by atoms with Gasteiger partial charge in [-0.1, -0.05) is 47.1 Å². The Kier molecular flexibility index (Phi) is 5.76. The van der Waals surface area contributed by atoms with Crippen molar-refractivity contribution < 1.29 is 9.32 Å². The summed E-state index contributed by atoms with van der Waals surface area (Å²) in [6, 6.07) is 16.0. The molecule has 1 aliphatic rings. The normalized spacial score (nSPS) is 13.8. The summed E-state index contributed by atoms with van der Waals surface area (Å²) in [6.07, 6.45) is 2.23. The minimum atomic E-state index is 0.145. The molecule has 0 radical (unpaired) electrons. The van der Waals surface area contributed by atoms with E-state index in [1.54, 1.807) is 11.8 Å². The van der Waals surface area contributed by atoms with Crippen LogP contribution < -0.4 is 0 Å². The molecule has 28 heavy (non-hydrogen) atoms. The highest BCUT2D eigenvalue weighted by Crippen LogP contribution is 2.21. The summed E-state index contributed by atoms with van der Waals surface area (Å²) in [5.41, 5.74) is 4.12. The molecule has 2 heterocycles. The molecule has 0 unspecified atom stereocenters. The van der Waals surface area contributed by atoms with E-state index < -0.39 is 0 Å². The van der Waals surface area contributed by atoms with E-state index in [1.807, 2.05) is 53.4 Å². The van der Waals surface area contributed by atoms with Crippen molar-refractivity contribution in [3.05, 3.63) is 71.1 Å². The molecule has 2 aromatic carbocycles. The summed E-state index contributed by atoms with van der Waals surface area (Å²) in [5, 5.41) is 4.07. The number of carbonyl (C=O) groups is 1. The van der Waals surface area contributed by atoms with Gasteiger partial charge in [0.2, 0.25) is 11.7 Å². The van der Waals surface area contributed by atoms with Crippen molar-refractivity contribution in [1.29, 1.82) is 0 Å². The van der Waals surface area contributed by atoms with Crippen molar-refractivity contribution in [3.63, 3.8) is 0 Å². The van der Waals surface area contributed by atoms with Crippen LogP contribution in [0.15, 0.2) is 53.1 Å². The molecule has 0 N–H and O–H groups in total. The van der Waals surface area contributed by atoms with E-state index in [9.17, 15) is 4.79 Å². The summed E-state index contributed by atoms with van der Waals surface area (Å²) in [6.45, 7) is 3.81. The van der Waals surface area contributed by atoms with E-state index in [-0.39, 0.29) is 5.91 Å². The molecule has 0 spiro atoms. The van der Waals surface area contributed by atoms with Gasteiger partial charge in [0.1, 0.15) is 0 Å². The number of aromatic nitrogens is 2. The Morgan fingerprint density at radius 2 is 1.75 bits per heavy atom. The summed E-state index contributed by atoms with van der Waals surface area (Å²) in [7, 11) is 0. The molecule has 1 saturated heterocycles. The number of thioether (sulfide) groups is 1. The second-order valence-corrected chi connectivity index (χ2v) is 8.05. The SMILES string of the molecule is Cc1ccc(-c2noc(CSCc3ccc(C(=O)N4CCCC4)cc3)n2)cc1. The average Bonchev–Trinajstić information content (AvgIpc) is 3.41. The van der Waals surface area contributed by atoms with Crippen molar-refractivity contribution in [2.75, 3.05) is 13.1 Å². The van der Waals surface area contributed by atoms with Gasteiger partial charge in [-0.25, -0.2) is 0 Å². The number of hydrogen-bond acceptors (Lipinski definition) is 5. The smallest absolute Gasteiger partial charge is 0.253 e. The summed E-state index contributed by atoms with van der Waals surface area (Å²) in [5.74, 6) is 2.89. The summed E-state index contributed by atoms with van der Waals surface area (Å²) >= 11 is 1.72. The molecule has 0 saturated carbocycles. The van der Waals surface area contributed by atoms with Crippen LogP contribution >= 0.6 is 11.8 Å². The molecule has 5 nitrogen and oxygen atoms in total. The molecule has 0 aliphatic carbocycles. The largest absolute Gasteiger partial charge is 0.339 e. The Morgan fingerprint density at radius 3 is 2.46 bits per heavy atom. The lowest BCUT2D eigenvalue weighted by atomic mass is 10.1. The van der Waals surface area contributed by atoms with Crippen LogP contribution in [0.1, 0.15) is 40.2 Å². The molecule has 1 amide bonds. The van der Waals surface area contributed by atoms with E-state index in [4.69, 9.17) is 4.52 Å². The summed E-state index contributed by atoms with van der Waals surface area (Å²) in [4.78, 5) is 18.8. The van der Waals surface area contributed by atoms with E-state index in [2.05, 4.69) is 17.1 Å². The van der Waals surface area contributed by atoms with Crippen LogP contribution in [0.25, 0.3) is 11.4 Å². The first kappa shape index (κ1) is 18.7. The number of amides is 1. The fourth-order valence-corrected chi connectivity index (χ4v) is 4.06. The predicted octanol–water partition coefficient (Wildman–Crippen LogP) is 4.71. The van der Waals surface area contributed by atoms with Gasteiger partial charge in [-0.15, -0.1) is 11.8 Å².